The molecule has 0 saturated heterocycles. The van der Waals surface area contributed by atoms with Crippen LogP contribution in [0.5, 0.6) is 5.75 Å². The number of benzene rings is 5. The fourth-order valence-corrected chi connectivity index (χ4v) is 6.56. The molecule has 38 heavy (non-hydrogen) atoms. The summed E-state index contributed by atoms with van der Waals surface area (Å²) in [4.78, 5) is 0. The molecule has 0 saturated carbocycles. The van der Waals surface area contributed by atoms with E-state index in [1.54, 1.807) is 12.1 Å². The van der Waals surface area contributed by atoms with Gasteiger partial charge in [0.2, 0.25) is 0 Å². The van der Waals surface area contributed by atoms with Crippen LogP contribution in [0, 0.1) is 0 Å². The first-order valence-electron chi connectivity index (χ1n) is 13.3. The van der Waals surface area contributed by atoms with Crippen LogP contribution in [0.15, 0.2) is 133 Å². The Morgan fingerprint density at radius 3 is 1.05 bits per heavy atom. The number of rotatable bonds is 6. The largest absolute Gasteiger partial charge is 0.508 e. The lowest BCUT2D eigenvalue weighted by Crippen LogP contribution is -2.20. The summed E-state index contributed by atoms with van der Waals surface area (Å²) in [7, 11) is -0.633. The third kappa shape index (κ3) is 7.21. The minimum absolute atomic E-state index is 0.314. The van der Waals surface area contributed by atoms with Crippen molar-refractivity contribution in [1.29, 1.82) is 0 Å². The molecule has 0 aliphatic heterocycles. The summed E-state index contributed by atoms with van der Waals surface area (Å²) in [5.41, 5.74) is 5.28. The molecule has 0 aromatic heterocycles. The maximum atomic E-state index is 9.68. The van der Waals surface area contributed by atoms with Crippen LogP contribution in [-0.2, 0) is 0 Å². The van der Waals surface area contributed by atoms with Crippen LogP contribution >= 0.6 is 7.92 Å². The van der Waals surface area contributed by atoms with E-state index >= 15 is 0 Å². The van der Waals surface area contributed by atoms with Gasteiger partial charge in [0, 0.05) is 0 Å². The molecule has 0 amide bonds. The third-order valence-electron chi connectivity index (χ3n) is 6.62. The second-order valence-electron chi connectivity index (χ2n) is 10.1. The van der Waals surface area contributed by atoms with Crippen molar-refractivity contribution in [3.63, 3.8) is 0 Å². The first-order chi connectivity index (χ1) is 18.4. The maximum Gasteiger partial charge on any atom is 0.115 e. The lowest BCUT2D eigenvalue weighted by atomic mass is 10.0. The molecule has 5 rings (SSSR count). The smallest absolute Gasteiger partial charge is 0.115 e. The second-order valence-corrected chi connectivity index (χ2v) is 12.3. The SMILES string of the molecule is CC(C)c1ccc(P(c2ccc(O)cc2)c2ccc(C(C)C)cc2)cc1.c1ccc(-c2ccccc2)cc1. The molecule has 1 N–H and O–H groups in total. The molecule has 5 aromatic rings. The van der Waals surface area contributed by atoms with Crippen molar-refractivity contribution >= 4 is 23.8 Å². The molecule has 0 atom stereocenters. The van der Waals surface area contributed by atoms with Crippen LogP contribution in [0.1, 0.15) is 50.7 Å². The fourth-order valence-electron chi connectivity index (χ4n) is 4.33. The highest BCUT2D eigenvalue weighted by Crippen LogP contribution is 2.34. The molecule has 0 aliphatic rings. The monoisotopic (exact) mass is 516 g/mol. The number of phenolic OH excluding ortho intramolecular Hbond substituents is 1. The molecule has 2 heteroatoms. The third-order valence-corrected chi connectivity index (χ3v) is 9.07. The molecular formula is C36H37OP. The number of phenols is 1. The first kappa shape index (κ1) is 27.4. The molecule has 0 aliphatic carbocycles. The zero-order chi connectivity index (χ0) is 26.9. The molecule has 0 fully saturated rings. The predicted molar refractivity (Wildman–Crippen MR) is 167 cm³/mol. The molecule has 0 heterocycles. The molecule has 1 nitrogen and oxygen atoms in total. The normalized spacial score (nSPS) is 10.9. The Kier molecular flexibility index (Phi) is 9.52. The molecule has 0 bridgehead atoms. The van der Waals surface area contributed by atoms with E-state index in [0.717, 1.165) is 0 Å². The molecule has 192 valence electrons. The van der Waals surface area contributed by atoms with Gasteiger partial charge in [0.25, 0.3) is 0 Å². The van der Waals surface area contributed by atoms with Crippen molar-refractivity contribution < 1.29 is 5.11 Å². The van der Waals surface area contributed by atoms with Crippen molar-refractivity contribution in [2.75, 3.05) is 0 Å². The number of aromatic hydroxyl groups is 1. The highest BCUT2D eigenvalue weighted by molar-refractivity contribution is 7.79. The van der Waals surface area contributed by atoms with Gasteiger partial charge in [0.15, 0.2) is 0 Å². The van der Waals surface area contributed by atoms with Gasteiger partial charge in [0.05, 0.1) is 0 Å². The van der Waals surface area contributed by atoms with Crippen molar-refractivity contribution in [2.24, 2.45) is 0 Å². The van der Waals surface area contributed by atoms with Crippen molar-refractivity contribution in [2.45, 2.75) is 39.5 Å². The first-order valence-corrected chi connectivity index (χ1v) is 14.7. The summed E-state index contributed by atoms with van der Waals surface area (Å²) >= 11 is 0. The summed E-state index contributed by atoms with van der Waals surface area (Å²) in [6, 6.07) is 46.5. The summed E-state index contributed by atoms with van der Waals surface area (Å²) < 4.78 is 0. The van der Waals surface area contributed by atoms with Crippen molar-refractivity contribution in [3.05, 3.63) is 145 Å². The van der Waals surface area contributed by atoms with Gasteiger partial charge in [-0.15, -0.1) is 0 Å². The fraction of sp³-hybridized carbons (Fsp3) is 0.167. The number of hydrogen-bond acceptors (Lipinski definition) is 1. The van der Waals surface area contributed by atoms with Crippen LogP contribution in [-0.4, -0.2) is 5.11 Å². The molecule has 0 radical (unpaired) electrons. The van der Waals surface area contributed by atoms with Crippen LogP contribution < -0.4 is 15.9 Å². The van der Waals surface area contributed by atoms with E-state index < -0.39 is 7.92 Å². The lowest BCUT2D eigenvalue weighted by molar-refractivity contribution is 0.475. The van der Waals surface area contributed by atoms with Gasteiger partial charge in [-0.1, -0.05) is 149 Å². The van der Waals surface area contributed by atoms with Gasteiger partial charge in [-0.2, -0.15) is 0 Å². The van der Waals surface area contributed by atoms with E-state index in [1.807, 2.05) is 24.3 Å². The van der Waals surface area contributed by atoms with E-state index in [4.69, 9.17) is 0 Å². The van der Waals surface area contributed by atoms with Gasteiger partial charge in [-0.05, 0) is 70.1 Å². The zero-order valence-electron chi connectivity index (χ0n) is 22.8. The molecule has 0 unspecified atom stereocenters. The Hall–Kier alpha value is -3.67. The zero-order valence-corrected chi connectivity index (χ0v) is 23.6. The van der Waals surface area contributed by atoms with Gasteiger partial charge in [-0.25, -0.2) is 0 Å². The van der Waals surface area contributed by atoms with Crippen LogP contribution in [0.3, 0.4) is 0 Å². The average Bonchev–Trinajstić information content (AvgIpc) is 2.96. The Bertz CT molecular complexity index is 1280. The van der Waals surface area contributed by atoms with E-state index in [9.17, 15) is 5.11 Å². The summed E-state index contributed by atoms with van der Waals surface area (Å²) in [5, 5.41) is 13.6. The maximum absolute atomic E-state index is 9.68. The van der Waals surface area contributed by atoms with Crippen LogP contribution in [0.4, 0.5) is 0 Å². The second kappa shape index (κ2) is 13.2. The van der Waals surface area contributed by atoms with E-state index in [-0.39, 0.29) is 0 Å². The van der Waals surface area contributed by atoms with Crippen LogP contribution in [0.2, 0.25) is 0 Å². The van der Waals surface area contributed by atoms with E-state index in [1.165, 1.54) is 38.2 Å². The minimum atomic E-state index is -0.633. The topological polar surface area (TPSA) is 20.2 Å². The number of hydrogen-bond donors (Lipinski definition) is 1. The highest BCUT2D eigenvalue weighted by Gasteiger charge is 2.17. The van der Waals surface area contributed by atoms with Crippen molar-refractivity contribution in [1.82, 2.24) is 0 Å². The Morgan fingerprint density at radius 2 is 0.737 bits per heavy atom. The molecular weight excluding hydrogens is 479 g/mol. The van der Waals surface area contributed by atoms with Gasteiger partial charge in [0.1, 0.15) is 5.75 Å². The quantitative estimate of drug-likeness (QED) is 0.224. The Balaban J connectivity index is 0.000000232. The average molecular weight is 517 g/mol. The summed E-state index contributed by atoms with van der Waals surface area (Å²) in [5.74, 6) is 1.39. The molecule has 5 aromatic carbocycles. The Morgan fingerprint density at radius 1 is 0.421 bits per heavy atom. The van der Waals surface area contributed by atoms with Crippen molar-refractivity contribution in [3.8, 4) is 16.9 Å². The Labute approximate surface area is 229 Å². The minimum Gasteiger partial charge on any atom is -0.508 e. The molecule has 0 spiro atoms. The van der Waals surface area contributed by atoms with E-state index in [0.29, 0.717) is 17.6 Å². The van der Waals surface area contributed by atoms with Gasteiger partial charge < -0.3 is 5.11 Å². The summed E-state index contributed by atoms with van der Waals surface area (Å²) in [6.45, 7) is 8.90. The van der Waals surface area contributed by atoms with Gasteiger partial charge >= 0.3 is 0 Å². The standard InChI is InChI=1S/C24H27OP.C12H10/c1-17(2)19-5-11-22(12-6-19)26(24-15-9-21(25)10-16-24)23-13-7-20(8-14-23)18(3)4;1-3-7-11(8-4-1)12-9-5-2-6-10-12/h5-18,25H,1-4H3;1-10H. The lowest BCUT2D eigenvalue weighted by Gasteiger charge is -2.21. The summed E-state index contributed by atoms with van der Waals surface area (Å²) in [6.07, 6.45) is 0. The van der Waals surface area contributed by atoms with Crippen LogP contribution in [0.25, 0.3) is 11.1 Å². The predicted octanol–water partition coefficient (Wildman–Crippen LogP) is 8.75. The van der Waals surface area contributed by atoms with E-state index in [2.05, 4.69) is 125 Å². The van der Waals surface area contributed by atoms with Gasteiger partial charge in [-0.3, -0.25) is 0 Å². The highest BCUT2D eigenvalue weighted by atomic mass is 31.1.